The van der Waals surface area contributed by atoms with Gasteiger partial charge in [-0.15, -0.1) is 0 Å². The van der Waals surface area contributed by atoms with Crippen molar-refractivity contribution in [2.24, 2.45) is 0 Å². The molecule has 0 saturated heterocycles. The second-order valence-corrected chi connectivity index (χ2v) is 6.81. The topological polar surface area (TPSA) is 37.2 Å². The van der Waals surface area contributed by atoms with Crippen LogP contribution in [0.1, 0.15) is 24.2 Å². The lowest BCUT2D eigenvalue weighted by atomic mass is 10.1. The average Bonchev–Trinajstić information content (AvgIpc) is 3.01. The molecule has 0 spiro atoms. The molecule has 2 N–H and O–H groups in total. The molecule has 4 aromatic rings. The fourth-order valence-electron chi connectivity index (χ4n) is 3.74. The highest BCUT2D eigenvalue weighted by molar-refractivity contribution is 6.08. The number of nitrogens with one attached hydrogen (secondary N) is 1. The Morgan fingerprint density at radius 1 is 0.963 bits per heavy atom. The molecular weight excluding hydrogens is 339 g/mol. The molecule has 3 nitrogen and oxygen atoms in total. The zero-order valence-electron chi connectivity index (χ0n) is 15.3. The van der Waals surface area contributed by atoms with Gasteiger partial charge in [-0.2, -0.15) is 0 Å². The van der Waals surface area contributed by atoms with Gasteiger partial charge in [-0.3, -0.25) is 0 Å². The van der Waals surface area contributed by atoms with Crippen molar-refractivity contribution < 1.29 is 9.50 Å². The lowest BCUT2D eigenvalue weighted by Gasteiger charge is -2.12. The summed E-state index contributed by atoms with van der Waals surface area (Å²) in [5, 5.41) is 16.0. The lowest BCUT2D eigenvalue weighted by Crippen LogP contribution is -2.21. The Kier molecular flexibility index (Phi) is 4.92. The van der Waals surface area contributed by atoms with Crippen LogP contribution in [0, 0.1) is 5.82 Å². The van der Waals surface area contributed by atoms with Crippen LogP contribution in [-0.2, 0) is 13.1 Å². The summed E-state index contributed by atoms with van der Waals surface area (Å²) < 4.78 is 15.6. The third kappa shape index (κ3) is 3.46. The number of fused-ring (bicyclic) bond motifs is 3. The van der Waals surface area contributed by atoms with Gasteiger partial charge in [-0.25, -0.2) is 4.39 Å². The molecule has 138 valence electrons. The summed E-state index contributed by atoms with van der Waals surface area (Å²) in [6, 6.07) is 21.1. The number of aryl methyl sites for hydroxylation is 1. The Bertz CT molecular complexity index is 1090. The third-order valence-corrected chi connectivity index (χ3v) is 5.05. The van der Waals surface area contributed by atoms with Gasteiger partial charge in [-0.05, 0) is 48.4 Å². The van der Waals surface area contributed by atoms with Gasteiger partial charge >= 0.3 is 0 Å². The Labute approximate surface area is 158 Å². The lowest BCUT2D eigenvalue weighted by molar-refractivity contribution is 0.174. The van der Waals surface area contributed by atoms with E-state index in [-0.39, 0.29) is 5.82 Å². The quantitative estimate of drug-likeness (QED) is 0.518. The fourth-order valence-corrected chi connectivity index (χ4v) is 3.74. The highest BCUT2D eigenvalue weighted by Crippen LogP contribution is 2.29. The standard InChI is InChI=1S/C23H23FN2O/c1-2-26-21-9-4-3-8-19(21)20-12-16(10-11-22(20)26)14-25-15-23(27)17-6-5-7-18(24)13-17/h3-13,23,25,27H,2,14-15H2,1H3. The normalized spacial score (nSPS) is 12.7. The summed E-state index contributed by atoms with van der Waals surface area (Å²) in [5.41, 5.74) is 4.24. The van der Waals surface area contributed by atoms with Crippen LogP contribution in [-0.4, -0.2) is 16.2 Å². The molecule has 4 rings (SSSR count). The molecule has 3 aromatic carbocycles. The third-order valence-electron chi connectivity index (χ3n) is 5.05. The smallest absolute Gasteiger partial charge is 0.123 e. The Morgan fingerprint density at radius 3 is 2.59 bits per heavy atom. The number of aliphatic hydroxyl groups is 1. The predicted molar refractivity (Wildman–Crippen MR) is 108 cm³/mol. The first-order chi connectivity index (χ1) is 13.2. The van der Waals surface area contributed by atoms with E-state index in [2.05, 4.69) is 59.3 Å². The zero-order valence-corrected chi connectivity index (χ0v) is 15.3. The number of hydrogen-bond acceptors (Lipinski definition) is 2. The van der Waals surface area contributed by atoms with Crippen LogP contribution in [0.2, 0.25) is 0 Å². The molecule has 1 unspecified atom stereocenters. The molecule has 0 fully saturated rings. The number of rotatable bonds is 6. The van der Waals surface area contributed by atoms with Crippen LogP contribution in [0.5, 0.6) is 0 Å². The first kappa shape index (κ1) is 17.7. The number of nitrogens with zero attached hydrogens (tertiary/aromatic N) is 1. The van der Waals surface area contributed by atoms with E-state index in [9.17, 15) is 9.50 Å². The van der Waals surface area contributed by atoms with Gasteiger partial charge in [0, 0.05) is 41.4 Å². The Balaban J connectivity index is 1.52. The maximum absolute atomic E-state index is 13.3. The maximum atomic E-state index is 13.3. The molecule has 0 radical (unpaired) electrons. The predicted octanol–water partition coefficient (Wildman–Crippen LogP) is 4.78. The van der Waals surface area contributed by atoms with Gasteiger partial charge in [0.1, 0.15) is 5.82 Å². The SMILES string of the molecule is CCn1c2ccccc2c2cc(CNCC(O)c3cccc(F)c3)ccc21. The number of aromatic nitrogens is 1. The molecule has 4 heteroatoms. The van der Waals surface area contributed by atoms with Gasteiger partial charge < -0.3 is 15.0 Å². The molecule has 0 aliphatic rings. The summed E-state index contributed by atoms with van der Waals surface area (Å²) in [6.07, 6.45) is -0.730. The van der Waals surface area contributed by atoms with E-state index in [1.807, 2.05) is 0 Å². The van der Waals surface area contributed by atoms with Crippen molar-refractivity contribution in [2.45, 2.75) is 26.1 Å². The van der Waals surface area contributed by atoms with Crippen molar-refractivity contribution in [2.75, 3.05) is 6.54 Å². The van der Waals surface area contributed by atoms with Crippen molar-refractivity contribution in [1.29, 1.82) is 0 Å². The highest BCUT2D eigenvalue weighted by atomic mass is 19.1. The molecule has 1 atom stereocenters. The number of para-hydroxylation sites is 1. The van der Waals surface area contributed by atoms with Gasteiger partial charge in [0.2, 0.25) is 0 Å². The number of halogens is 1. The molecule has 0 bridgehead atoms. The van der Waals surface area contributed by atoms with Crippen LogP contribution < -0.4 is 5.32 Å². The molecule has 1 aromatic heterocycles. The summed E-state index contributed by atoms with van der Waals surface area (Å²) >= 11 is 0. The average molecular weight is 362 g/mol. The number of benzene rings is 3. The van der Waals surface area contributed by atoms with Crippen LogP contribution in [0.15, 0.2) is 66.7 Å². The molecule has 0 aliphatic carbocycles. The molecule has 0 amide bonds. The fraction of sp³-hybridized carbons (Fsp3) is 0.217. The second-order valence-electron chi connectivity index (χ2n) is 6.81. The minimum Gasteiger partial charge on any atom is -0.387 e. The summed E-state index contributed by atoms with van der Waals surface area (Å²) in [6.45, 7) is 4.11. The maximum Gasteiger partial charge on any atom is 0.123 e. The van der Waals surface area contributed by atoms with E-state index in [4.69, 9.17) is 0 Å². The van der Waals surface area contributed by atoms with Crippen molar-refractivity contribution in [3.05, 3.63) is 83.7 Å². The van der Waals surface area contributed by atoms with E-state index in [1.54, 1.807) is 12.1 Å². The number of aliphatic hydroxyl groups excluding tert-OH is 1. The van der Waals surface area contributed by atoms with Crippen molar-refractivity contribution in [3.8, 4) is 0 Å². The molecule has 0 saturated carbocycles. The van der Waals surface area contributed by atoms with E-state index < -0.39 is 6.10 Å². The van der Waals surface area contributed by atoms with Crippen molar-refractivity contribution >= 4 is 21.8 Å². The van der Waals surface area contributed by atoms with Crippen molar-refractivity contribution in [3.63, 3.8) is 0 Å². The van der Waals surface area contributed by atoms with Crippen molar-refractivity contribution in [1.82, 2.24) is 9.88 Å². The van der Waals surface area contributed by atoms with Crippen LogP contribution >= 0.6 is 0 Å². The highest BCUT2D eigenvalue weighted by Gasteiger charge is 2.11. The molecule has 27 heavy (non-hydrogen) atoms. The Morgan fingerprint density at radius 2 is 1.78 bits per heavy atom. The zero-order chi connectivity index (χ0) is 18.8. The summed E-state index contributed by atoms with van der Waals surface area (Å²) in [4.78, 5) is 0. The first-order valence-electron chi connectivity index (χ1n) is 9.31. The van der Waals surface area contributed by atoms with Gasteiger partial charge in [0.15, 0.2) is 0 Å². The van der Waals surface area contributed by atoms with Gasteiger partial charge in [0.25, 0.3) is 0 Å². The van der Waals surface area contributed by atoms with E-state index in [0.29, 0.717) is 18.7 Å². The van der Waals surface area contributed by atoms with E-state index in [1.165, 1.54) is 33.9 Å². The van der Waals surface area contributed by atoms with Crippen LogP contribution in [0.3, 0.4) is 0 Å². The monoisotopic (exact) mass is 362 g/mol. The molecule has 0 aliphatic heterocycles. The van der Waals surface area contributed by atoms with Crippen LogP contribution in [0.25, 0.3) is 21.8 Å². The van der Waals surface area contributed by atoms with Crippen LogP contribution in [0.4, 0.5) is 4.39 Å². The van der Waals surface area contributed by atoms with E-state index >= 15 is 0 Å². The largest absolute Gasteiger partial charge is 0.387 e. The molecule has 1 heterocycles. The minimum atomic E-state index is -0.730. The Hall–Kier alpha value is -2.69. The van der Waals surface area contributed by atoms with E-state index in [0.717, 1.165) is 12.1 Å². The summed E-state index contributed by atoms with van der Waals surface area (Å²) in [7, 11) is 0. The number of hydrogen-bond donors (Lipinski definition) is 2. The second kappa shape index (κ2) is 7.51. The first-order valence-corrected chi connectivity index (χ1v) is 9.31. The summed E-state index contributed by atoms with van der Waals surface area (Å²) in [5.74, 6) is -0.329. The molecular formula is C23H23FN2O. The minimum absolute atomic E-state index is 0.329. The van der Waals surface area contributed by atoms with Gasteiger partial charge in [0.05, 0.1) is 6.10 Å². The van der Waals surface area contributed by atoms with Gasteiger partial charge in [-0.1, -0.05) is 36.4 Å².